The quantitative estimate of drug-likeness (QED) is 0.247. The summed E-state index contributed by atoms with van der Waals surface area (Å²) >= 11 is 0. The van der Waals surface area contributed by atoms with Crippen LogP contribution in [0, 0.1) is 11.8 Å². The monoisotopic (exact) mass is 486 g/mol. The molecule has 0 amide bonds. The lowest BCUT2D eigenvalue weighted by Gasteiger charge is -2.37. The molecule has 6 unspecified atom stereocenters. The molecule has 0 aliphatic carbocycles. The SMILES string of the molecule is CC(=O)OC1C2OC(=O)C3C2OC1C3C(=O)OC(CS(=O)(=O)O)(C(F)(F)F)C(F)(F)F. The van der Waals surface area contributed by atoms with Crippen molar-refractivity contribution in [3.05, 3.63) is 0 Å². The molecule has 3 rings (SSSR count). The zero-order valence-corrected chi connectivity index (χ0v) is 15.8. The predicted molar refractivity (Wildman–Crippen MR) is 78.4 cm³/mol. The van der Waals surface area contributed by atoms with Crippen LogP contribution in [0.3, 0.4) is 0 Å². The average Bonchev–Trinajstić information content (AvgIpc) is 3.13. The zero-order valence-electron chi connectivity index (χ0n) is 15.0. The van der Waals surface area contributed by atoms with Crippen LogP contribution in [0.5, 0.6) is 0 Å². The van der Waals surface area contributed by atoms with E-state index in [4.69, 9.17) is 18.8 Å². The summed E-state index contributed by atoms with van der Waals surface area (Å²) in [5, 5.41) is 0. The van der Waals surface area contributed by atoms with Crippen LogP contribution >= 0.6 is 0 Å². The van der Waals surface area contributed by atoms with Crippen LogP contribution < -0.4 is 0 Å². The maximum atomic E-state index is 13.4. The van der Waals surface area contributed by atoms with Gasteiger partial charge in [0.15, 0.2) is 12.2 Å². The normalized spacial score (nSPS) is 32.7. The molecule has 3 heterocycles. The molecule has 0 aromatic heterocycles. The van der Waals surface area contributed by atoms with Crippen LogP contribution in [-0.4, -0.2) is 79.0 Å². The van der Waals surface area contributed by atoms with Gasteiger partial charge in [0, 0.05) is 6.92 Å². The molecule has 3 fully saturated rings. The van der Waals surface area contributed by atoms with Crippen LogP contribution in [0.1, 0.15) is 6.92 Å². The van der Waals surface area contributed by atoms with Crippen molar-refractivity contribution < 1.29 is 72.6 Å². The molecule has 3 aliphatic rings. The van der Waals surface area contributed by atoms with Crippen molar-refractivity contribution in [2.45, 2.75) is 49.3 Å². The fourth-order valence-electron chi connectivity index (χ4n) is 3.90. The highest BCUT2D eigenvalue weighted by Gasteiger charge is 2.78. The number of esters is 3. The Labute approximate surface area is 168 Å². The maximum Gasteiger partial charge on any atom is 0.438 e. The first-order valence-corrected chi connectivity index (χ1v) is 9.85. The third-order valence-electron chi connectivity index (χ3n) is 5.06. The Hall–Kier alpha value is -2.14. The Morgan fingerprint density at radius 3 is 2.06 bits per heavy atom. The van der Waals surface area contributed by atoms with Crippen molar-refractivity contribution in [3.8, 4) is 0 Å². The van der Waals surface area contributed by atoms with E-state index in [0.717, 1.165) is 6.92 Å². The van der Waals surface area contributed by atoms with E-state index < -0.39 is 88.0 Å². The Morgan fingerprint density at radius 2 is 1.61 bits per heavy atom. The largest absolute Gasteiger partial charge is 0.456 e. The smallest absolute Gasteiger partial charge is 0.438 e. The molecule has 3 aliphatic heterocycles. The third-order valence-corrected chi connectivity index (χ3v) is 5.83. The first-order chi connectivity index (χ1) is 13.9. The summed E-state index contributed by atoms with van der Waals surface area (Å²) in [6.07, 6.45) is -18.8. The van der Waals surface area contributed by atoms with Crippen molar-refractivity contribution in [2.75, 3.05) is 5.75 Å². The standard InChI is InChI=1S/C14H12F6O10S/c1-3(21)27-8-7-5(4-6(28-7)9(8)29-10(4)22)11(23)30-12(13(15,16)17,14(18,19)20)2-31(24,25)26/h4-9H,2H2,1H3,(H,24,25,26). The fourth-order valence-corrected chi connectivity index (χ4v) is 4.80. The topological polar surface area (TPSA) is 142 Å². The Kier molecular flexibility index (Phi) is 5.26. The van der Waals surface area contributed by atoms with E-state index in [2.05, 4.69) is 4.74 Å². The van der Waals surface area contributed by atoms with E-state index in [0.29, 0.717) is 0 Å². The molecule has 10 nitrogen and oxygen atoms in total. The van der Waals surface area contributed by atoms with Crippen LogP contribution in [-0.2, 0) is 43.4 Å². The molecule has 1 N–H and O–H groups in total. The molecule has 0 saturated carbocycles. The second-order valence-corrected chi connectivity index (χ2v) is 8.51. The molecule has 2 bridgehead atoms. The average molecular weight is 486 g/mol. The van der Waals surface area contributed by atoms with Gasteiger partial charge in [-0.05, 0) is 0 Å². The molecule has 3 saturated heterocycles. The highest BCUT2D eigenvalue weighted by atomic mass is 32.2. The molecule has 31 heavy (non-hydrogen) atoms. The van der Waals surface area contributed by atoms with Gasteiger partial charge in [-0.1, -0.05) is 0 Å². The maximum absolute atomic E-state index is 13.4. The van der Waals surface area contributed by atoms with Crippen LogP contribution in [0.4, 0.5) is 26.3 Å². The van der Waals surface area contributed by atoms with Gasteiger partial charge in [-0.25, -0.2) is 0 Å². The van der Waals surface area contributed by atoms with E-state index >= 15 is 0 Å². The minimum absolute atomic E-state index is 0.901. The molecule has 6 atom stereocenters. The summed E-state index contributed by atoms with van der Waals surface area (Å²) in [4.78, 5) is 35.7. The van der Waals surface area contributed by atoms with Crippen LogP contribution in [0.15, 0.2) is 0 Å². The summed E-state index contributed by atoms with van der Waals surface area (Å²) in [6, 6.07) is 0. The minimum Gasteiger partial charge on any atom is -0.456 e. The predicted octanol–water partition coefficient (Wildman–Crippen LogP) is 0.151. The molecule has 0 radical (unpaired) electrons. The first-order valence-electron chi connectivity index (χ1n) is 8.24. The lowest BCUT2D eigenvalue weighted by Crippen LogP contribution is -2.64. The zero-order chi connectivity index (χ0) is 23.7. The Balaban J connectivity index is 2.00. The summed E-state index contributed by atoms with van der Waals surface area (Å²) in [6.45, 7) is 0.901. The molecular formula is C14H12F6O10S. The molecule has 0 spiro atoms. The number of hydrogen-bond acceptors (Lipinski definition) is 9. The molecule has 0 aromatic carbocycles. The number of ether oxygens (including phenoxy) is 4. The number of rotatable bonds is 5. The van der Waals surface area contributed by atoms with Gasteiger partial charge in [-0.15, -0.1) is 0 Å². The van der Waals surface area contributed by atoms with E-state index in [1.54, 1.807) is 0 Å². The van der Waals surface area contributed by atoms with Crippen molar-refractivity contribution in [1.29, 1.82) is 0 Å². The lowest BCUT2D eigenvalue weighted by atomic mass is 9.78. The van der Waals surface area contributed by atoms with Crippen molar-refractivity contribution in [3.63, 3.8) is 0 Å². The van der Waals surface area contributed by atoms with Crippen LogP contribution in [0.2, 0.25) is 0 Å². The molecule has 17 heteroatoms. The summed E-state index contributed by atoms with van der Waals surface area (Å²) in [5.74, 6) is -11.4. The molecule has 0 aromatic rings. The number of hydrogen-bond donors (Lipinski definition) is 1. The van der Waals surface area contributed by atoms with E-state index in [-0.39, 0.29) is 0 Å². The van der Waals surface area contributed by atoms with E-state index in [9.17, 15) is 49.1 Å². The number of halogens is 6. The summed E-state index contributed by atoms with van der Waals surface area (Å²) in [7, 11) is -5.99. The van der Waals surface area contributed by atoms with Crippen molar-refractivity contribution in [1.82, 2.24) is 0 Å². The van der Waals surface area contributed by atoms with Gasteiger partial charge in [0.25, 0.3) is 10.1 Å². The van der Waals surface area contributed by atoms with Gasteiger partial charge in [0.1, 0.15) is 29.8 Å². The summed E-state index contributed by atoms with van der Waals surface area (Å²) < 4.78 is 129. The lowest BCUT2D eigenvalue weighted by molar-refractivity contribution is -0.362. The first kappa shape index (κ1) is 23.5. The van der Waals surface area contributed by atoms with Gasteiger partial charge in [0.05, 0.1) is 0 Å². The van der Waals surface area contributed by atoms with Gasteiger partial charge < -0.3 is 18.9 Å². The second kappa shape index (κ2) is 6.93. The highest BCUT2D eigenvalue weighted by Crippen LogP contribution is 2.53. The van der Waals surface area contributed by atoms with Crippen molar-refractivity contribution >= 4 is 28.0 Å². The third kappa shape index (κ3) is 3.71. The Bertz CT molecular complexity index is 898. The van der Waals surface area contributed by atoms with E-state index in [1.807, 2.05) is 0 Å². The minimum atomic E-state index is -6.54. The highest BCUT2D eigenvalue weighted by molar-refractivity contribution is 7.85. The van der Waals surface area contributed by atoms with Crippen molar-refractivity contribution in [2.24, 2.45) is 11.8 Å². The van der Waals surface area contributed by atoms with E-state index in [1.165, 1.54) is 0 Å². The number of carbonyl (C=O) groups is 3. The number of fused-ring (bicyclic) bond motifs is 1. The van der Waals surface area contributed by atoms with Gasteiger partial charge in [-0.3, -0.25) is 18.9 Å². The second-order valence-electron chi connectivity index (χ2n) is 7.06. The van der Waals surface area contributed by atoms with Gasteiger partial charge in [-0.2, -0.15) is 34.8 Å². The number of alkyl halides is 6. The number of carbonyl (C=O) groups excluding carboxylic acids is 3. The molecule has 176 valence electrons. The Morgan fingerprint density at radius 1 is 1.06 bits per heavy atom. The van der Waals surface area contributed by atoms with Gasteiger partial charge in [0.2, 0.25) is 0 Å². The fraction of sp³-hybridized carbons (Fsp3) is 0.786. The molecular weight excluding hydrogens is 474 g/mol. The van der Waals surface area contributed by atoms with Crippen LogP contribution in [0.25, 0.3) is 0 Å². The van der Waals surface area contributed by atoms with Gasteiger partial charge >= 0.3 is 35.9 Å². The summed E-state index contributed by atoms with van der Waals surface area (Å²) in [5.41, 5.74) is -5.65.